The van der Waals surface area contributed by atoms with Crippen LogP contribution in [-0.2, 0) is 11.3 Å². The van der Waals surface area contributed by atoms with Gasteiger partial charge in [0.1, 0.15) is 5.75 Å². The second-order valence-corrected chi connectivity index (χ2v) is 6.53. The average Bonchev–Trinajstić information content (AvgIpc) is 3.16. The molecular formula is C16H24N2O2. The molecule has 1 aliphatic rings. The molecule has 0 radical (unpaired) electrons. The number of hydrogen-bond donors (Lipinski definition) is 2. The van der Waals surface area contributed by atoms with E-state index in [0.29, 0.717) is 19.1 Å². The number of amides is 1. The van der Waals surface area contributed by atoms with Gasteiger partial charge in [-0.3, -0.25) is 4.79 Å². The van der Waals surface area contributed by atoms with Crippen molar-refractivity contribution in [3.63, 3.8) is 0 Å². The van der Waals surface area contributed by atoms with E-state index in [1.807, 2.05) is 17.0 Å². The van der Waals surface area contributed by atoms with Crippen LogP contribution in [0.2, 0.25) is 0 Å². The number of hydrogen-bond acceptors (Lipinski definition) is 3. The zero-order chi connectivity index (χ0) is 14.8. The second-order valence-electron chi connectivity index (χ2n) is 6.53. The smallest absolute Gasteiger partial charge is 0.237 e. The van der Waals surface area contributed by atoms with E-state index in [4.69, 9.17) is 0 Å². The molecule has 20 heavy (non-hydrogen) atoms. The van der Waals surface area contributed by atoms with Gasteiger partial charge in [-0.15, -0.1) is 0 Å². The molecule has 1 aromatic carbocycles. The summed E-state index contributed by atoms with van der Waals surface area (Å²) in [5.74, 6) is 0.379. The molecule has 0 heterocycles. The summed E-state index contributed by atoms with van der Waals surface area (Å²) in [7, 11) is 0. The summed E-state index contributed by atoms with van der Waals surface area (Å²) in [6.07, 6.45) is 2.17. The van der Waals surface area contributed by atoms with Gasteiger partial charge in [0.15, 0.2) is 0 Å². The summed E-state index contributed by atoms with van der Waals surface area (Å²) >= 11 is 0. The van der Waals surface area contributed by atoms with Gasteiger partial charge in [0.25, 0.3) is 0 Å². The van der Waals surface area contributed by atoms with Crippen LogP contribution in [0.5, 0.6) is 5.75 Å². The topological polar surface area (TPSA) is 52.6 Å². The van der Waals surface area contributed by atoms with Crippen LogP contribution in [0.3, 0.4) is 0 Å². The number of nitrogens with zero attached hydrogens (tertiary/aromatic N) is 1. The molecule has 1 amide bonds. The number of phenolic OH excluding ortho intramolecular Hbond substituents is 1. The summed E-state index contributed by atoms with van der Waals surface area (Å²) in [6, 6.07) is 7.49. The molecule has 1 aliphatic carbocycles. The highest BCUT2D eigenvalue weighted by molar-refractivity contribution is 5.79. The van der Waals surface area contributed by atoms with Gasteiger partial charge in [-0.05, 0) is 51.3 Å². The Morgan fingerprint density at radius 2 is 2.10 bits per heavy atom. The molecule has 0 unspecified atom stereocenters. The summed E-state index contributed by atoms with van der Waals surface area (Å²) < 4.78 is 0. The van der Waals surface area contributed by atoms with Crippen molar-refractivity contribution in [2.45, 2.75) is 51.7 Å². The fourth-order valence-electron chi connectivity index (χ4n) is 2.10. The van der Waals surface area contributed by atoms with E-state index < -0.39 is 0 Å². The maximum Gasteiger partial charge on any atom is 0.237 e. The lowest BCUT2D eigenvalue weighted by Gasteiger charge is -2.26. The third-order valence-electron chi connectivity index (χ3n) is 3.34. The minimum absolute atomic E-state index is 0.0596. The summed E-state index contributed by atoms with van der Waals surface area (Å²) in [4.78, 5) is 14.3. The SMILES string of the molecule is CC(C)(C)NCC(=O)N(Cc1cccc(O)c1)C1CC1. The number of phenols is 1. The number of benzene rings is 1. The Morgan fingerprint density at radius 1 is 1.40 bits per heavy atom. The van der Waals surface area contributed by atoms with Crippen molar-refractivity contribution < 1.29 is 9.90 Å². The molecule has 110 valence electrons. The molecule has 0 saturated heterocycles. The maximum atomic E-state index is 12.4. The highest BCUT2D eigenvalue weighted by Gasteiger charge is 2.32. The largest absolute Gasteiger partial charge is 0.508 e. The number of nitrogens with one attached hydrogen (secondary N) is 1. The lowest BCUT2D eigenvalue weighted by Crippen LogP contribution is -2.45. The fraction of sp³-hybridized carbons (Fsp3) is 0.562. The minimum atomic E-state index is -0.0596. The molecule has 0 aromatic heterocycles. The highest BCUT2D eigenvalue weighted by atomic mass is 16.3. The van der Waals surface area contributed by atoms with Crippen molar-refractivity contribution in [2.75, 3.05) is 6.54 Å². The minimum Gasteiger partial charge on any atom is -0.508 e. The zero-order valence-corrected chi connectivity index (χ0v) is 12.5. The molecular weight excluding hydrogens is 252 g/mol. The molecule has 1 saturated carbocycles. The Morgan fingerprint density at radius 3 is 2.65 bits per heavy atom. The van der Waals surface area contributed by atoms with Crippen LogP contribution in [0, 0.1) is 0 Å². The standard InChI is InChI=1S/C16H24N2O2/c1-16(2,3)17-10-15(20)18(13-7-8-13)11-12-5-4-6-14(19)9-12/h4-6,9,13,17,19H,7-8,10-11H2,1-3H3. The predicted molar refractivity (Wildman–Crippen MR) is 79.4 cm³/mol. The molecule has 2 rings (SSSR count). The lowest BCUT2D eigenvalue weighted by atomic mass is 10.1. The van der Waals surface area contributed by atoms with Crippen molar-refractivity contribution in [1.82, 2.24) is 10.2 Å². The van der Waals surface area contributed by atoms with Gasteiger partial charge < -0.3 is 15.3 Å². The predicted octanol–water partition coefficient (Wildman–Crippen LogP) is 2.27. The Hall–Kier alpha value is -1.55. The third-order valence-corrected chi connectivity index (χ3v) is 3.34. The molecule has 0 bridgehead atoms. The van der Waals surface area contributed by atoms with Crippen molar-refractivity contribution in [1.29, 1.82) is 0 Å². The first kappa shape index (κ1) is 14.9. The quantitative estimate of drug-likeness (QED) is 0.867. The first-order valence-electron chi connectivity index (χ1n) is 7.17. The zero-order valence-electron chi connectivity index (χ0n) is 12.5. The molecule has 0 aliphatic heterocycles. The van der Waals surface area contributed by atoms with Crippen LogP contribution in [0.1, 0.15) is 39.2 Å². The molecule has 1 aromatic rings. The number of rotatable bonds is 5. The Labute approximate surface area is 120 Å². The van der Waals surface area contributed by atoms with Crippen molar-refractivity contribution >= 4 is 5.91 Å². The van der Waals surface area contributed by atoms with Crippen LogP contribution < -0.4 is 5.32 Å². The summed E-state index contributed by atoms with van der Waals surface area (Å²) in [5, 5.41) is 12.8. The van der Waals surface area contributed by atoms with Gasteiger partial charge in [-0.1, -0.05) is 12.1 Å². The average molecular weight is 276 g/mol. The van der Waals surface area contributed by atoms with Gasteiger partial charge in [0, 0.05) is 18.1 Å². The van der Waals surface area contributed by atoms with Crippen LogP contribution in [0.25, 0.3) is 0 Å². The monoisotopic (exact) mass is 276 g/mol. The van der Waals surface area contributed by atoms with Crippen molar-refractivity contribution in [2.24, 2.45) is 0 Å². The van der Waals surface area contributed by atoms with E-state index in [1.165, 1.54) is 0 Å². The Balaban J connectivity index is 1.98. The van der Waals surface area contributed by atoms with E-state index in [-0.39, 0.29) is 17.2 Å². The fourth-order valence-corrected chi connectivity index (χ4v) is 2.10. The molecule has 4 heteroatoms. The van der Waals surface area contributed by atoms with E-state index in [0.717, 1.165) is 18.4 Å². The second kappa shape index (κ2) is 5.83. The van der Waals surface area contributed by atoms with E-state index in [1.54, 1.807) is 12.1 Å². The van der Waals surface area contributed by atoms with E-state index in [9.17, 15) is 9.90 Å². The Bertz CT molecular complexity index is 476. The molecule has 2 N–H and O–H groups in total. The molecule has 1 fully saturated rings. The number of carbonyl (C=O) groups excluding carboxylic acids is 1. The Kier molecular flexibility index (Phi) is 4.33. The van der Waals surface area contributed by atoms with Gasteiger partial charge in [0.2, 0.25) is 5.91 Å². The van der Waals surface area contributed by atoms with E-state index in [2.05, 4.69) is 26.1 Å². The third kappa shape index (κ3) is 4.53. The van der Waals surface area contributed by atoms with Crippen LogP contribution in [0.4, 0.5) is 0 Å². The van der Waals surface area contributed by atoms with E-state index >= 15 is 0 Å². The van der Waals surface area contributed by atoms with Gasteiger partial charge in [-0.2, -0.15) is 0 Å². The van der Waals surface area contributed by atoms with Crippen LogP contribution >= 0.6 is 0 Å². The lowest BCUT2D eigenvalue weighted by molar-refractivity contribution is -0.131. The van der Waals surface area contributed by atoms with Gasteiger partial charge in [0.05, 0.1) is 6.54 Å². The summed E-state index contributed by atoms with van der Waals surface area (Å²) in [6.45, 7) is 7.09. The highest BCUT2D eigenvalue weighted by Crippen LogP contribution is 2.28. The van der Waals surface area contributed by atoms with Crippen LogP contribution in [-0.4, -0.2) is 34.0 Å². The maximum absolute atomic E-state index is 12.4. The number of aromatic hydroxyl groups is 1. The van der Waals surface area contributed by atoms with Crippen molar-refractivity contribution in [3.05, 3.63) is 29.8 Å². The molecule has 4 nitrogen and oxygen atoms in total. The molecule has 0 atom stereocenters. The van der Waals surface area contributed by atoms with Gasteiger partial charge >= 0.3 is 0 Å². The first-order chi connectivity index (χ1) is 9.35. The normalized spacial score (nSPS) is 15.2. The first-order valence-corrected chi connectivity index (χ1v) is 7.17. The number of carbonyl (C=O) groups is 1. The molecule has 0 spiro atoms. The van der Waals surface area contributed by atoms with Gasteiger partial charge in [-0.25, -0.2) is 0 Å². The summed E-state index contributed by atoms with van der Waals surface area (Å²) in [5.41, 5.74) is 0.914. The van der Waals surface area contributed by atoms with Crippen LogP contribution in [0.15, 0.2) is 24.3 Å². The van der Waals surface area contributed by atoms with Crippen molar-refractivity contribution in [3.8, 4) is 5.75 Å².